The first kappa shape index (κ1) is 33.5. The van der Waals surface area contributed by atoms with E-state index in [0.29, 0.717) is 27.9 Å². The van der Waals surface area contributed by atoms with E-state index in [1.54, 1.807) is 18.2 Å². The third-order valence-electron chi connectivity index (χ3n) is 9.02. The van der Waals surface area contributed by atoms with Gasteiger partial charge in [-0.25, -0.2) is 0 Å². The predicted molar refractivity (Wildman–Crippen MR) is 209 cm³/mol. The molecule has 0 aliphatic rings. The molecule has 0 fully saturated rings. The minimum atomic E-state index is -4.50. The Hall–Kier alpha value is -6.08. The fourth-order valence-corrected chi connectivity index (χ4v) is 6.54. The first-order chi connectivity index (χ1) is 27.5. The number of alkyl halides is 3. The molecule has 0 N–H and O–H groups in total. The molecule has 0 saturated carbocycles. The van der Waals surface area contributed by atoms with Crippen LogP contribution in [-0.4, -0.2) is 14.5 Å². The Labute approximate surface area is 334 Å². The maximum Gasteiger partial charge on any atom is 0.415 e. The molecule has 4 nitrogen and oxygen atoms in total. The average Bonchev–Trinajstić information content (AvgIpc) is 3.82. The summed E-state index contributed by atoms with van der Waals surface area (Å²) in [4.78, 5) is 9.08. The molecular formula is C47H32F3IrN3O-2. The maximum atomic E-state index is 13.7. The van der Waals surface area contributed by atoms with Gasteiger partial charge in [0.25, 0.3) is 0 Å². The third kappa shape index (κ3) is 7.65. The minimum Gasteiger partial charge on any atom is -0.557 e. The molecular weight excluding hydrogens is 872 g/mol. The van der Waals surface area contributed by atoms with E-state index in [2.05, 4.69) is 60.6 Å². The number of para-hydroxylation sites is 2. The van der Waals surface area contributed by atoms with Gasteiger partial charge in [0.2, 0.25) is 0 Å². The number of fused-ring (bicyclic) bond motifs is 2. The van der Waals surface area contributed by atoms with Gasteiger partial charge >= 0.3 is 6.18 Å². The summed E-state index contributed by atoms with van der Waals surface area (Å²) in [5, 5.41) is 0.297. The van der Waals surface area contributed by atoms with Gasteiger partial charge in [-0.3, -0.25) is 4.98 Å². The van der Waals surface area contributed by atoms with Gasteiger partial charge in [0, 0.05) is 59.0 Å². The van der Waals surface area contributed by atoms with Crippen LogP contribution in [0.4, 0.5) is 13.2 Å². The number of hydrogen-bond acceptors (Lipinski definition) is 3. The fraction of sp³-hybridized carbons (Fsp3) is 0.0638. The Bertz CT molecular complexity index is 2760. The number of imidazole rings is 1. The number of furan rings is 1. The normalized spacial score (nSPS) is 12.3. The first-order valence-electron chi connectivity index (χ1n) is 18.6. The largest absolute Gasteiger partial charge is 0.557 e. The molecule has 0 aliphatic heterocycles. The average molecular weight is 907 g/mol. The van der Waals surface area contributed by atoms with Gasteiger partial charge in [0.05, 0.1) is 22.5 Å². The molecule has 0 atom stereocenters. The summed E-state index contributed by atoms with van der Waals surface area (Å²) in [5.41, 5.74) is 9.18. The molecule has 0 spiro atoms. The van der Waals surface area contributed by atoms with Gasteiger partial charge in [-0.15, -0.1) is 35.9 Å². The van der Waals surface area contributed by atoms with E-state index in [-0.39, 0.29) is 25.7 Å². The quantitative estimate of drug-likeness (QED) is 0.162. The van der Waals surface area contributed by atoms with Crippen LogP contribution in [0.15, 0.2) is 162 Å². The summed E-state index contributed by atoms with van der Waals surface area (Å²) in [6.07, 6.45) is -0.223. The molecule has 0 bridgehead atoms. The van der Waals surface area contributed by atoms with Crippen molar-refractivity contribution in [2.45, 2.75) is 20.0 Å². The molecule has 9 rings (SSSR count). The van der Waals surface area contributed by atoms with Crippen LogP contribution in [0.2, 0.25) is 0 Å². The van der Waals surface area contributed by atoms with Crippen LogP contribution in [0.25, 0.3) is 72.6 Å². The maximum absolute atomic E-state index is 13.7. The van der Waals surface area contributed by atoms with Crippen molar-refractivity contribution < 1.29 is 41.8 Å². The van der Waals surface area contributed by atoms with Crippen LogP contribution in [0.5, 0.6) is 0 Å². The zero-order valence-electron chi connectivity index (χ0n) is 32.2. The van der Waals surface area contributed by atoms with Gasteiger partial charge < -0.3 is 14.0 Å². The SMILES string of the molecule is Cc1cc(-c2ccccc2)c(-n2c(-c3[c-]oc4ccc(C(F)(F)F)cc34)nc3ccccc32)c(-c2ccccc2)c1.[2H]C([2H])([2H])c1ccc(-c2[c-]cccc2)nc1.[Ir]. The number of pyridine rings is 1. The monoisotopic (exact) mass is 907 g/mol. The second kappa shape index (κ2) is 15.7. The van der Waals surface area contributed by atoms with E-state index in [4.69, 9.17) is 13.5 Å². The van der Waals surface area contributed by atoms with E-state index >= 15 is 0 Å². The topological polar surface area (TPSA) is 43.9 Å². The number of aryl methyl sites for hydroxylation is 2. The smallest absolute Gasteiger partial charge is 0.415 e. The molecule has 273 valence electrons. The number of benzene rings is 6. The molecule has 3 heterocycles. The Morgan fingerprint density at radius 2 is 1.40 bits per heavy atom. The zero-order valence-corrected chi connectivity index (χ0v) is 31.6. The second-order valence-electron chi connectivity index (χ2n) is 12.7. The fourth-order valence-electron chi connectivity index (χ4n) is 6.54. The van der Waals surface area contributed by atoms with Crippen molar-refractivity contribution in [1.82, 2.24) is 14.5 Å². The molecule has 0 aliphatic carbocycles. The van der Waals surface area contributed by atoms with Crippen LogP contribution < -0.4 is 0 Å². The van der Waals surface area contributed by atoms with Crippen molar-refractivity contribution in [2.24, 2.45) is 0 Å². The van der Waals surface area contributed by atoms with Crippen LogP contribution in [0, 0.1) is 26.1 Å². The van der Waals surface area contributed by atoms with Crippen LogP contribution in [-0.2, 0) is 26.3 Å². The number of halogens is 3. The predicted octanol–water partition coefficient (Wildman–Crippen LogP) is 12.8. The Morgan fingerprint density at radius 3 is 2.02 bits per heavy atom. The van der Waals surface area contributed by atoms with Gasteiger partial charge in [-0.2, -0.15) is 13.2 Å². The van der Waals surface area contributed by atoms with Crippen LogP contribution >= 0.6 is 0 Å². The van der Waals surface area contributed by atoms with E-state index in [0.717, 1.165) is 62.4 Å². The van der Waals surface area contributed by atoms with Crippen molar-refractivity contribution in [2.75, 3.05) is 0 Å². The molecule has 9 aromatic rings. The molecule has 8 heteroatoms. The summed E-state index contributed by atoms with van der Waals surface area (Å²) in [7, 11) is 0. The van der Waals surface area contributed by atoms with E-state index in [1.165, 1.54) is 12.3 Å². The summed E-state index contributed by atoms with van der Waals surface area (Å²) in [6.45, 7) is -0.0302. The van der Waals surface area contributed by atoms with Crippen LogP contribution in [0.1, 0.15) is 20.8 Å². The summed E-state index contributed by atoms with van der Waals surface area (Å²) in [5.74, 6) is 0.447. The Morgan fingerprint density at radius 1 is 0.727 bits per heavy atom. The Kier molecular flexibility index (Phi) is 9.57. The standard InChI is InChI=1S/C35H22F3N2O.C12H10N.Ir/c1-22-18-26(23-10-4-2-5-11-23)33(27(19-22)24-12-6-3-7-13-24)40-31-15-9-8-14-30(31)39-34(40)29-21-41-32-17-16-25(20-28(29)32)35(36,37)38;1-10-7-8-12(13-9-10)11-5-3-2-4-6-11;/h2-20H,1H3;2-5,7-9H,1H3;/q2*-1;/i;1D3;. The van der Waals surface area contributed by atoms with Crippen molar-refractivity contribution in [1.29, 1.82) is 0 Å². The van der Waals surface area contributed by atoms with Crippen LogP contribution in [0.3, 0.4) is 0 Å². The zero-order chi connectivity index (χ0) is 39.7. The molecule has 6 aromatic carbocycles. The summed E-state index contributed by atoms with van der Waals surface area (Å²) < 4.78 is 70.6. The number of rotatable bonds is 5. The molecule has 0 unspecified atom stereocenters. The van der Waals surface area contributed by atoms with E-state index < -0.39 is 18.6 Å². The second-order valence-corrected chi connectivity index (χ2v) is 12.7. The third-order valence-corrected chi connectivity index (χ3v) is 9.02. The molecule has 0 amide bonds. The minimum absolute atomic E-state index is 0. The van der Waals surface area contributed by atoms with Gasteiger partial charge in [0.15, 0.2) is 0 Å². The summed E-state index contributed by atoms with van der Waals surface area (Å²) >= 11 is 0. The van der Waals surface area contributed by atoms with Crippen molar-refractivity contribution in [3.05, 3.63) is 187 Å². The van der Waals surface area contributed by atoms with E-state index in [9.17, 15) is 13.2 Å². The van der Waals surface area contributed by atoms with Crippen molar-refractivity contribution in [3.8, 4) is 50.6 Å². The molecule has 0 saturated heterocycles. The summed E-state index contributed by atoms with van der Waals surface area (Å²) in [6, 6.07) is 49.4. The van der Waals surface area contributed by atoms with Gasteiger partial charge in [-0.1, -0.05) is 114 Å². The molecule has 3 aromatic heterocycles. The number of hydrogen-bond donors (Lipinski definition) is 0. The van der Waals surface area contributed by atoms with Gasteiger partial charge in [0.1, 0.15) is 0 Å². The Balaban J connectivity index is 0.000000254. The van der Waals surface area contributed by atoms with Crippen molar-refractivity contribution in [3.63, 3.8) is 0 Å². The molecule has 55 heavy (non-hydrogen) atoms. The number of nitrogens with zero attached hydrogens (tertiary/aromatic N) is 3. The van der Waals surface area contributed by atoms with Crippen molar-refractivity contribution >= 4 is 22.0 Å². The first-order valence-corrected chi connectivity index (χ1v) is 17.1. The van der Waals surface area contributed by atoms with Gasteiger partial charge in [-0.05, 0) is 66.0 Å². The van der Waals surface area contributed by atoms with E-state index in [1.807, 2.05) is 83.4 Å². The molecule has 1 radical (unpaired) electrons. The number of aromatic nitrogens is 3.